The molecule has 1 aliphatic rings. The van der Waals surface area contributed by atoms with Gasteiger partial charge in [0.15, 0.2) is 6.10 Å². The van der Waals surface area contributed by atoms with Crippen molar-refractivity contribution >= 4 is 28.9 Å². The number of carbonyl (C=O) groups excluding carboxylic acids is 2. The number of nitrogens with zero attached hydrogens (tertiary/aromatic N) is 2. The molecule has 0 saturated carbocycles. The summed E-state index contributed by atoms with van der Waals surface area (Å²) in [5, 5.41) is 3.03. The summed E-state index contributed by atoms with van der Waals surface area (Å²) >= 11 is 1.60. The number of esters is 1. The Kier molecular flexibility index (Phi) is 6.79. The van der Waals surface area contributed by atoms with E-state index in [0.29, 0.717) is 17.9 Å². The van der Waals surface area contributed by atoms with Crippen molar-refractivity contribution in [3.63, 3.8) is 0 Å². The highest BCUT2D eigenvalue weighted by Gasteiger charge is 2.39. The molecule has 3 aromatic rings. The molecule has 0 fully saturated rings. The summed E-state index contributed by atoms with van der Waals surface area (Å²) < 4.78 is 11.3. The number of benzene rings is 2. The van der Waals surface area contributed by atoms with Crippen LogP contribution in [0.2, 0.25) is 0 Å². The summed E-state index contributed by atoms with van der Waals surface area (Å²) in [5.41, 5.74) is 3.48. The van der Waals surface area contributed by atoms with Crippen LogP contribution in [0.4, 0.5) is 5.69 Å². The fraction of sp³-hybridized carbons (Fsp3) is 0.346. The zero-order valence-electron chi connectivity index (χ0n) is 19.3. The molecule has 2 heterocycles. The van der Waals surface area contributed by atoms with Crippen LogP contribution in [-0.4, -0.2) is 35.1 Å². The van der Waals surface area contributed by atoms with Gasteiger partial charge < -0.3 is 9.47 Å². The minimum Gasteiger partial charge on any atom is -0.479 e. The number of fused-ring (bicyclic) bond motifs is 1. The third-order valence-electron chi connectivity index (χ3n) is 5.48. The molecule has 6 nitrogen and oxygen atoms in total. The van der Waals surface area contributed by atoms with Crippen LogP contribution in [0.3, 0.4) is 0 Å². The van der Waals surface area contributed by atoms with Gasteiger partial charge in [0, 0.05) is 17.4 Å². The molecule has 0 radical (unpaired) electrons. The van der Waals surface area contributed by atoms with E-state index in [0.717, 1.165) is 22.7 Å². The number of aromatic nitrogens is 1. The Morgan fingerprint density at radius 3 is 2.67 bits per heavy atom. The predicted molar refractivity (Wildman–Crippen MR) is 130 cm³/mol. The summed E-state index contributed by atoms with van der Waals surface area (Å²) in [6, 6.07) is 15.2. The Morgan fingerprint density at radius 1 is 1.21 bits per heavy atom. The highest BCUT2D eigenvalue weighted by atomic mass is 32.1. The topological polar surface area (TPSA) is 68.7 Å². The first kappa shape index (κ1) is 23.0. The third-order valence-corrected chi connectivity index (χ3v) is 6.32. The zero-order chi connectivity index (χ0) is 23.5. The Balaban J connectivity index is 1.67. The summed E-state index contributed by atoms with van der Waals surface area (Å²) in [4.78, 5) is 32.3. The molecule has 1 amide bonds. The zero-order valence-corrected chi connectivity index (χ0v) is 20.1. The Hall–Kier alpha value is -3.19. The van der Waals surface area contributed by atoms with E-state index < -0.39 is 18.1 Å². The van der Waals surface area contributed by atoms with Crippen molar-refractivity contribution in [2.45, 2.75) is 58.8 Å². The Bertz CT molecular complexity index is 1140. The van der Waals surface area contributed by atoms with Crippen LogP contribution in [0.5, 0.6) is 5.75 Å². The summed E-state index contributed by atoms with van der Waals surface area (Å²) in [5.74, 6) is -0.0956. The molecule has 2 aromatic carbocycles. The van der Waals surface area contributed by atoms with Gasteiger partial charge >= 0.3 is 5.97 Å². The van der Waals surface area contributed by atoms with E-state index >= 15 is 0 Å². The molecule has 0 N–H and O–H groups in total. The maximum atomic E-state index is 13.1. The molecule has 4 rings (SSSR count). The normalized spacial score (nSPS) is 16.3. The second-order valence-corrected chi connectivity index (χ2v) is 9.29. The molecular formula is C26H28N2O4S. The van der Waals surface area contributed by atoms with Gasteiger partial charge in [-0.1, -0.05) is 37.3 Å². The third kappa shape index (κ3) is 4.93. The quantitative estimate of drug-likeness (QED) is 0.447. The SMILES string of the molecule is CCC(C(=O)OC(C)C)N1C(=O)C(C)Oc2ccc(-c3csc(Cc4ccccc4)n3)cc21. The molecular weight excluding hydrogens is 436 g/mol. The van der Waals surface area contributed by atoms with Crippen molar-refractivity contribution in [2.24, 2.45) is 0 Å². The van der Waals surface area contributed by atoms with Crippen LogP contribution < -0.4 is 9.64 Å². The van der Waals surface area contributed by atoms with Crippen LogP contribution >= 0.6 is 11.3 Å². The van der Waals surface area contributed by atoms with E-state index in [2.05, 4.69) is 12.1 Å². The van der Waals surface area contributed by atoms with Gasteiger partial charge in [-0.25, -0.2) is 9.78 Å². The van der Waals surface area contributed by atoms with E-state index in [1.165, 1.54) is 10.5 Å². The fourth-order valence-corrected chi connectivity index (χ4v) is 4.74. The number of rotatable bonds is 7. The van der Waals surface area contributed by atoms with Crippen molar-refractivity contribution in [3.8, 4) is 17.0 Å². The smallest absolute Gasteiger partial charge is 0.329 e. The first-order chi connectivity index (χ1) is 15.9. The maximum Gasteiger partial charge on any atom is 0.329 e. The molecule has 0 bridgehead atoms. The summed E-state index contributed by atoms with van der Waals surface area (Å²) in [7, 11) is 0. The van der Waals surface area contributed by atoms with Crippen LogP contribution in [0, 0.1) is 0 Å². The van der Waals surface area contributed by atoms with E-state index in [1.54, 1.807) is 32.1 Å². The van der Waals surface area contributed by atoms with Crippen LogP contribution in [0.1, 0.15) is 44.7 Å². The number of amides is 1. The monoisotopic (exact) mass is 464 g/mol. The van der Waals surface area contributed by atoms with E-state index in [9.17, 15) is 9.59 Å². The van der Waals surface area contributed by atoms with Gasteiger partial charge in [-0.3, -0.25) is 9.69 Å². The molecule has 1 aromatic heterocycles. The number of hydrogen-bond acceptors (Lipinski definition) is 6. The van der Waals surface area contributed by atoms with Crippen molar-refractivity contribution < 1.29 is 19.1 Å². The standard InChI is InChI=1S/C26H28N2O4S/c1-5-21(26(30)31-16(2)3)28-22-14-19(11-12-23(22)32-17(4)25(28)29)20-15-33-24(27-20)13-18-9-7-6-8-10-18/h6-12,14-17,21H,5,13H2,1-4H3. The molecule has 2 atom stereocenters. The highest BCUT2D eigenvalue weighted by molar-refractivity contribution is 7.10. The van der Waals surface area contributed by atoms with Gasteiger partial charge in [0.2, 0.25) is 0 Å². The van der Waals surface area contributed by atoms with Crippen LogP contribution in [0.15, 0.2) is 53.9 Å². The van der Waals surface area contributed by atoms with Crippen molar-refractivity contribution in [1.29, 1.82) is 0 Å². The lowest BCUT2D eigenvalue weighted by molar-refractivity contribution is -0.150. The number of ether oxygens (including phenoxy) is 2. The largest absolute Gasteiger partial charge is 0.479 e. The number of thiazole rings is 1. The molecule has 2 unspecified atom stereocenters. The summed E-state index contributed by atoms with van der Waals surface area (Å²) in [6.45, 7) is 7.17. The minimum absolute atomic E-state index is 0.254. The number of anilines is 1. The van der Waals surface area contributed by atoms with Crippen LogP contribution in [-0.2, 0) is 20.7 Å². The average molecular weight is 465 g/mol. The van der Waals surface area contributed by atoms with E-state index in [-0.39, 0.29) is 12.0 Å². The molecule has 1 aliphatic heterocycles. The van der Waals surface area contributed by atoms with E-state index in [4.69, 9.17) is 14.5 Å². The molecule has 7 heteroatoms. The second kappa shape index (κ2) is 9.75. The lowest BCUT2D eigenvalue weighted by Crippen LogP contribution is -2.53. The molecule has 172 valence electrons. The van der Waals surface area contributed by atoms with Gasteiger partial charge in [-0.15, -0.1) is 11.3 Å². The molecule has 0 spiro atoms. The Labute approximate surface area is 198 Å². The fourth-order valence-electron chi connectivity index (χ4n) is 3.90. The Morgan fingerprint density at radius 2 is 1.97 bits per heavy atom. The van der Waals surface area contributed by atoms with Crippen LogP contribution in [0.25, 0.3) is 11.3 Å². The van der Waals surface area contributed by atoms with Gasteiger partial charge in [0.25, 0.3) is 5.91 Å². The van der Waals surface area contributed by atoms with Crippen molar-refractivity contribution in [2.75, 3.05) is 4.90 Å². The van der Waals surface area contributed by atoms with Gasteiger partial charge in [-0.2, -0.15) is 0 Å². The van der Waals surface area contributed by atoms with Gasteiger partial charge in [0.1, 0.15) is 11.8 Å². The van der Waals surface area contributed by atoms with E-state index in [1.807, 2.05) is 48.7 Å². The maximum absolute atomic E-state index is 13.1. The number of hydrogen-bond donors (Lipinski definition) is 0. The summed E-state index contributed by atoms with van der Waals surface area (Å²) in [6.07, 6.45) is 0.261. The average Bonchev–Trinajstić information content (AvgIpc) is 3.25. The van der Waals surface area contributed by atoms with Crippen molar-refractivity contribution in [3.05, 3.63) is 64.5 Å². The van der Waals surface area contributed by atoms with Gasteiger partial charge in [-0.05, 0) is 51.0 Å². The number of carbonyl (C=O) groups is 2. The minimum atomic E-state index is -0.718. The highest BCUT2D eigenvalue weighted by Crippen LogP contribution is 2.39. The first-order valence-electron chi connectivity index (χ1n) is 11.2. The lowest BCUT2D eigenvalue weighted by Gasteiger charge is -2.37. The molecule has 0 saturated heterocycles. The second-order valence-electron chi connectivity index (χ2n) is 8.35. The molecule has 0 aliphatic carbocycles. The lowest BCUT2D eigenvalue weighted by atomic mass is 10.0. The predicted octanol–water partition coefficient (Wildman–Crippen LogP) is 5.25. The molecule has 33 heavy (non-hydrogen) atoms. The van der Waals surface area contributed by atoms with Crippen molar-refractivity contribution in [1.82, 2.24) is 4.98 Å². The first-order valence-corrected chi connectivity index (χ1v) is 12.1. The van der Waals surface area contributed by atoms with Gasteiger partial charge in [0.05, 0.1) is 22.5 Å².